The van der Waals surface area contributed by atoms with Gasteiger partial charge in [0.2, 0.25) is 17.7 Å². The fraction of sp³-hybridized carbons (Fsp3) is 0.722. The third-order valence-electron chi connectivity index (χ3n) is 4.30. The minimum Gasteiger partial charge on any atom is -0.481 e. The fourth-order valence-electron chi connectivity index (χ4n) is 2.47. The molecule has 4 unspecified atom stereocenters. The third kappa shape index (κ3) is 12.2. The molecule has 0 aliphatic carbocycles. The highest BCUT2D eigenvalue weighted by Crippen LogP contribution is 2.04. The first-order valence-electron chi connectivity index (χ1n) is 9.83. The minimum atomic E-state index is -1.64. The lowest BCUT2D eigenvalue weighted by Gasteiger charge is -2.23. The summed E-state index contributed by atoms with van der Waals surface area (Å²) in [6.07, 6.45) is 2.95. The third-order valence-corrected chi connectivity index (χ3v) is 4.94. The molecular formula is C18H33N5O7S. The molecule has 0 spiro atoms. The van der Waals surface area contributed by atoms with Gasteiger partial charge in [-0.05, 0) is 51.2 Å². The Balaban J connectivity index is 5.04. The van der Waals surface area contributed by atoms with Crippen LogP contribution in [0, 0.1) is 0 Å². The summed E-state index contributed by atoms with van der Waals surface area (Å²) < 4.78 is 0. The molecule has 0 saturated carbocycles. The van der Waals surface area contributed by atoms with Gasteiger partial charge in [0.15, 0.2) is 0 Å². The van der Waals surface area contributed by atoms with Gasteiger partial charge in [-0.25, -0.2) is 4.79 Å². The van der Waals surface area contributed by atoms with Crippen molar-refractivity contribution < 1.29 is 34.2 Å². The lowest BCUT2D eigenvalue weighted by molar-refractivity contribution is -0.147. The zero-order chi connectivity index (χ0) is 24.0. The second-order valence-electron chi connectivity index (χ2n) is 6.96. The van der Waals surface area contributed by atoms with Crippen molar-refractivity contribution in [1.29, 1.82) is 0 Å². The van der Waals surface area contributed by atoms with E-state index in [0.29, 0.717) is 31.6 Å². The van der Waals surface area contributed by atoms with Crippen molar-refractivity contribution in [2.24, 2.45) is 11.5 Å². The van der Waals surface area contributed by atoms with Gasteiger partial charge in [0.05, 0.1) is 12.5 Å². The summed E-state index contributed by atoms with van der Waals surface area (Å²) in [6, 6.07) is -4.55. The molecule has 178 valence electrons. The zero-order valence-corrected chi connectivity index (χ0v) is 18.6. The Morgan fingerprint density at radius 3 is 2.03 bits per heavy atom. The summed E-state index contributed by atoms with van der Waals surface area (Å²) in [5.41, 5.74) is 11.3. The quantitative estimate of drug-likeness (QED) is 0.128. The maximum absolute atomic E-state index is 12.6. The number of hydrogen-bond acceptors (Lipinski definition) is 8. The predicted octanol–water partition coefficient (Wildman–Crippen LogP) is -1.77. The Morgan fingerprint density at radius 1 is 0.903 bits per heavy atom. The molecule has 0 radical (unpaired) electrons. The van der Waals surface area contributed by atoms with Gasteiger partial charge in [0, 0.05) is 0 Å². The number of thioether (sulfide) groups is 1. The van der Waals surface area contributed by atoms with Crippen LogP contribution in [0.1, 0.15) is 39.0 Å². The van der Waals surface area contributed by atoms with Crippen molar-refractivity contribution >= 4 is 41.4 Å². The molecule has 0 aliphatic heterocycles. The van der Waals surface area contributed by atoms with Crippen LogP contribution < -0.4 is 27.4 Å². The van der Waals surface area contributed by atoms with Crippen molar-refractivity contribution in [3.8, 4) is 0 Å². The standard InChI is InChI=1S/C18H33N5O7S/c1-10(15(26)23-13(18(29)30)9-14(24)25)21-17(28)12(5-3-4-7-19)22-16(27)11(20)6-8-31-2/h10-13H,3-9,19-20H2,1-2H3,(H,21,28)(H,22,27)(H,23,26)(H,24,25)(H,29,30). The van der Waals surface area contributed by atoms with Gasteiger partial charge in [-0.2, -0.15) is 11.8 Å². The number of carbonyl (C=O) groups excluding carboxylic acids is 3. The van der Waals surface area contributed by atoms with E-state index in [4.69, 9.17) is 21.7 Å². The Hall–Kier alpha value is -2.38. The normalized spacial score (nSPS) is 14.6. The average Bonchev–Trinajstić information content (AvgIpc) is 2.69. The molecule has 0 heterocycles. The van der Waals surface area contributed by atoms with Crippen LogP contribution in [0.4, 0.5) is 0 Å². The van der Waals surface area contributed by atoms with Gasteiger partial charge < -0.3 is 37.6 Å². The molecule has 3 amide bonds. The Kier molecular flexibility index (Phi) is 14.2. The molecule has 9 N–H and O–H groups in total. The summed E-state index contributed by atoms with van der Waals surface area (Å²) in [5.74, 6) is -4.24. The van der Waals surface area contributed by atoms with Gasteiger partial charge >= 0.3 is 11.9 Å². The number of carboxylic acid groups (broad SMARTS) is 2. The molecule has 31 heavy (non-hydrogen) atoms. The minimum absolute atomic E-state index is 0.273. The second kappa shape index (κ2) is 15.4. The van der Waals surface area contributed by atoms with Crippen LogP contribution in [-0.4, -0.2) is 82.6 Å². The molecule has 12 nitrogen and oxygen atoms in total. The van der Waals surface area contributed by atoms with Gasteiger partial charge in [-0.15, -0.1) is 0 Å². The van der Waals surface area contributed by atoms with E-state index in [1.54, 1.807) is 0 Å². The Labute approximate surface area is 185 Å². The molecule has 0 rings (SSSR count). The highest BCUT2D eigenvalue weighted by molar-refractivity contribution is 7.98. The first-order chi connectivity index (χ1) is 14.5. The smallest absolute Gasteiger partial charge is 0.326 e. The van der Waals surface area contributed by atoms with E-state index in [2.05, 4.69) is 16.0 Å². The van der Waals surface area contributed by atoms with Crippen molar-refractivity contribution in [1.82, 2.24) is 16.0 Å². The molecule has 0 aromatic heterocycles. The molecule has 0 aromatic rings. The van der Waals surface area contributed by atoms with Crippen LogP contribution >= 0.6 is 11.8 Å². The number of rotatable bonds is 16. The predicted molar refractivity (Wildman–Crippen MR) is 115 cm³/mol. The molecule has 0 bridgehead atoms. The molecular weight excluding hydrogens is 430 g/mol. The van der Waals surface area contributed by atoms with Gasteiger partial charge in [-0.3, -0.25) is 19.2 Å². The summed E-state index contributed by atoms with van der Waals surface area (Å²) in [5, 5.41) is 24.8. The topological polar surface area (TPSA) is 214 Å². The van der Waals surface area contributed by atoms with Crippen LogP contribution in [-0.2, 0) is 24.0 Å². The summed E-state index contributed by atoms with van der Waals surface area (Å²) in [6.45, 7) is 1.73. The van der Waals surface area contributed by atoms with Crippen molar-refractivity contribution in [2.45, 2.75) is 63.2 Å². The zero-order valence-electron chi connectivity index (χ0n) is 17.8. The SMILES string of the molecule is CSCCC(N)C(=O)NC(CCCCN)C(=O)NC(C)C(=O)NC(CC(=O)O)C(=O)O. The van der Waals surface area contributed by atoms with Crippen LogP contribution in [0.15, 0.2) is 0 Å². The maximum atomic E-state index is 12.6. The number of aliphatic carboxylic acids is 2. The van der Waals surface area contributed by atoms with E-state index < -0.39 is 60.2 Å². The lowest BCUT2D eigenvalue weighted by Crippen LogP contribution is -2.56. The molecule has 0 aliphatic rings. The first kappa shape index (κ1) is 28.6. The molecule has 4 atom stereocenters. The van der Waals surface area contributed by atoms with Gasteiger partial charge in [-0.1, -0.05) is 0 Å². The first-order valence-corrected chi connectivity index (χ1v) is 11.2. The summed E-state index contributed by atoms with van der Waals surface area (Å²) in [7, 11) is 0. The van der Waals surface area contributed by atoms with E-state index in [1.165, 1.54) is 18.7 Å². The van der Waals surface area contributed by atoms with Crippen molar-refractivity contribution in [3.63, 3.8) is 0 Å². The molecule has 0 fully saturated rings. The van der Waals surface area contributed by atoms with E-state index >= 15 is 0 Å². The van der Waals surface area contributed by atoms with Gasteiger partial charge in [0.1, 0.15) is 18.1 Å². The molecule has 13 heteroatoms. The second-order valence-corrected chi connectivity index (χ2v) is 7.95. The number of carbonyl (C=O) groups is 5. The highest BCUT2D eigenvalue weighted by Gasteiger charge is 2.29. The van der Waals surface area contributed by atoms with Crippen molar-refractivity contribution in [3.05, 3.63) is 0 Å². The van der Waals surface area contributed by atoms with E-state index in [1.807, 2.05) is 6.26 Å². The highest BCUT2D eigenvalue weighted by atomic mass is 32.2. The summed E-state index contributed by atoms with van der Waals surface area (Å²) in [4.78, 5) is 58.9. The lowest BCUT2D eigenvalue weighted by atomic mass is 10.1. The summed E-state index contributed by atoms with van der Waals surface area (Å²) >= 11 is 1.54. The van der Waals surface area contributed by atoms with Crippen LogP contribution in [0.3, 0.4) is 0 Å². The number of nitrogens with two attached hydrogens (primary N) is 2. The number of nitrogens with one attached hydrogen (secondary N) is 3. The van der Waals surface area contributed by atoms with Gasteiger partial charge in [0.25, 0.3) is 0 Å². The van der Waals surface area contributed by atoms with Crippen LogP contribution in [0.25, 0.3) is 0 Å². The Morgan fingerprint density at radius 2 is 1.52 bits per heavy atom. The number of unbranched alkanes of at least 4 members (excludes halogenated alkanes) is 1. The molecule has 0 saturated heterocycles. The maximum Gasteiger partial charge on any atom is 0.326 e. The van der Waals surface area contributed by atoms with E-state index in [-0.39, 0.29) is 6.42 Å². The monoisotopic (exact) mass is 463 g/mol. The number of amides is 3. The van der Waals surface area contributed by atoms with E-state index in [9.17, 15) is 24.0 Å². The average molecular weight is 464 g/mol. The van der Waals surface area contributed by atoms with E-state index in [0.717, 1.165) is 0 Å². The van der Waals surface area contributed by atoms with Crippen molar-refractivity contribution in [2.75, 3.05) is 18.6 Å². The number of carboxylic acids is 2. The largest absolute Gasteiger partial charge is 0.481 e. The van der Waals surface area contributed by atoms with Crippen LogP contribution in [0.5, 0.6) is 0 Å². The van der Waals surface area contributed by atoms with Crippen LogP contribution in [0.2, 0.25) is 0 Å². The number of hydrogen-bond donors (Lipinski definition) is 7. The Bertz CT molecular complexity index is 634. The fourth-order valence-corrected chi connectivity index (χ4v) is 2.96. The molecule has 0 aromatic carbocycles.